The fraction of sp³-hybridized carbons (Fsp3) is 0.217. The van der Waals surface area contributed by atoms with Crippen LogP contribution in [-0.4, -0.2) is 21.8 Å². The van der Waals surface area contributed by atoms with Gasteiger partial charge in [-0.25, -0.2) is 4.98 Å². The van der Waals surface area contributed by atoms with Crippen molar-refractivity contribution < 1.29 is 9.21 Å². The Labute approximate surface area is 168 Å². The van der Waals surface area contributed by atoms with Crippen molar-refractivity contribution in [2.75, 3.05) is 0 Å². The van der Waals surface area contributed by atoms with Crippen LogP contribution in [0.2, 0.25) is 0 Å². The van der Waals surface area contributed by atoms with Crippen molar-refractivity contribution in [1.29, 1.82) is 0 Å². The van der Waals surface area contributed by atoms with Crippen molar-refractivity contribution in [1.82, 2.24) is 9.88 Å². The third-order valence-corrected chi connectivity index (χ3v) is 5.68. The molecule has 0 unspecified atom stereocenters. The summed E-state index contributed by atoms with van der Waals surface area (Å²) < 4.78 is 5.83. The van der Waals surface area contributed by atoms with Crippen molar-refractivity contribution in [3.8, 4) is 0 Å². The van der Waals surface area contributed by atoms with Crippen LogP contribution in [-0.2, 0) is 13.0 Å². The van der Waals surface area contributed by atoms with Gasteiger partial charge in [0.2, 0.25) is 0 Å². The van der Waals surface area contributed by atoms with E-state index >= 15 is 0 Å². The average molecular weight is 391 g/mol. The number of carbonyl (C=O) groups excluding carboxylic acids is 1. The van der Waals surface area contributed by atoms with Crippen LogP contribution >= 0.6 is 11.3 Å². The summed E-state index contributed by atoms with van der Waals surface area (Å²) in [6.07, 6.45) is 3.57. The zero-order chi connectivity index (χ0) is 19.3. The number of hydrogen-bond acceptors (Lipinski definition) is 4. The number of para-hydroxylation sites is 1. The van der Waals surface area contributed by atoms with Crippen LogP contribution in [0.25, 0.3) is 11.0 Å². The predicted molar refractivity (Wildman–Crippen MR) is 112 cm³/mol. The van der Waals surface area contributed by atoms with Crippen molar-refractivity contribution in [2.24, 2.45) is 0 Å². The number of benzene rings is 2. The second kappa shape index (κ2) is 8.40. The number of aryl methyl sites for hydroxylation is 1. The highest BCUT2D eigenvalue weighted by molar-refractivity contribution is 7.09. The Morgan fingerprint density at radius 1 is 1.14 bits per heavy atom. The largest absolute Gasteiger partial charge is 0.451 e. The first-order valence-corrected chi connectivity index (χ1v) is 10.3. The number of nitrogens with zero attached hydrogens (tertiary/aromatic N) is 2. The lowest BCUT2D eigenvalue weighted by Crippen LogP contribution is -2.38. The molecule has 0 radical (unpaired) electrons. The van der Waals surface area contributed by atoms with E-state index < -0.39 is 0 Å². The van der Waals surface area contributed by atoms with Gasteiger partial charge in [0.25, 0.3) is 5.91 Å². The maximum atomic E-state index is 13.3. The Balaban J connectivity index is 1.55. The molecule has 0 aliphatic carbocycles. The Morgan fingerprint density at radius 3 is 2.68 bits per heavy atom. The van der Waals surface area contributed by atoms with E-state index in [1.807, 2.05) is 58.8 Å². The lowest BCUT2D eigenvalue weighted by Gasteiger charge is -2.28. The van der Waals surface area contributed by atoms with Crippen molar-refractivity contribution >= 4 is 28.2 Å². The molecule has 4 aromatic rings. The van der Waals surface area contributed by atoms with E-state index in [4.69, 9.17) is 4.42 Å². The van der Waals surface area contributed by atoms with Crippen LogP contribution in [0.5, 0.6) is 0 Å². The van der Waals surface area contributed by atoms with E-state index in [1.54, 1.807) is 17.5 Å². The van der Waals surface area contributed by atoms with Gasteiger partial charge in [0, 0.05) is 23.0 Å². The number of amides is 1. The van der Waals surface area contributed by atoms with E-state index in [0.29, 0.717) is 12.3 Å². The Bertz CT molecular complexity index is 1010. The standard InChI is InChI=1S/C23H22N2O2S/c1-17(11-12-18-7-3-2-4-8-18)25(16-22-24-13-14-28-22)23(26)21-15-19-9-5-6-10-20(19)27-21/h2-10,13-15,17H,11-12,16H2,1H3/t17-/m0/s1. The van der Waals surface area contributed by atoms with E-state index in [1.165, 1.54) is 5.56 Å². The molecule has 1 atom stereocenters. The van der Waals surface area contributed by atoms with E-state index in [-0.39, 0.29) is 11.9 Å². The fourth-order valence-electron chi connectivity index (χ4n) is 3.31. The summed E-state index contributed by atoms with van der Waals surface area (Å²) in [5.74, 6) is 0.288. The lowest BCUT2D eigenvalue weighted by atomic mass is 10.0. The van der Waals surface area contributed by atoms with Crippen molar-refractivity contribution in [3.63, 3.8) is 0 Å². The molecule has 4 nitrogen and oxygen atoms in total. The number of furan rings is 1. The molecule has 0 spiro atoms. The summed E-state index contributed by atoms with van der Waals surface area (Å²) in [6, 6.07) is 20.0. The van der Waals surface area contributed by atoms with E-state index in [9.17, 15) is 4.79 Å². The van der Waals surface area contributed by atoms with Gasteiger partial charge in [0.05, 0.1) is 6.54 Å². The fourth-order valence-corrected chi connectivity index (χ4v) is 3.92. The molecule has 1 amide bonds. The zero-order valence-electron chi connectivity index (χ0n) is 15.7. The van der Waals surface area contributed by atoms with Crippen molar-refractivity contribution in [2.45, 2.75) is 32.4 Å². The van der Waals surface area contributed by atoms with Gasteiger partial charge in [-0.05, 0) is 37.5 Å². The highest BCUT2D eigenvalue weighted by atomic mass is 32.1. The Kier molecular flexibility index (Phi) is 5.53. The number of rotatable bonds is 7. The zero-order valence-corrected chi connectivity index (χ0v) is 16.6. The van der Waals surface area contributed by atoms with Gasteiger partial charge >= 0.3 is 0 Å². The Hall–Kier alpha value is -2.92. The minimum absolute atomic E-state index is 0.0600. The summed E-state index contributed by atoms with van der Waals surface area (Å²) in [5, 5.41) is 3.81. The highest BCUT2D eigenvalue weighted by Gasteiger charge is 2.25. The molecular formula is C23H22N2O2S. The molecule has 28 heavy (non-hydrogen) atoms. The highest BCUT2D eigenvalue weighted by Crippen LogP contribution is 2.23. The maximum Gasteiger partial charge on any atom is 0.290 e. The smallest absolute Gasteiger partial charge is 0.290 e. The van der Waals surface area contributed by atoms with Gasteiger partial charge in [-0.3, -0.25) is 4.79 Å². The van der Waals surface area contributed by atoms with Crippen LogP contribution < -0.4 is 0 Å². The number of thiazole rings is 1. The Morgan fingerprint density at radius 2 is 1.93 bits per heavy atom. The summed E-state index contributed by atoms with van der Waals surface area (Å²) in [4.78, 5) is 19.5. The van der Waals surface area contributed by atoms with Crippen LogP contribution in [0.4, 0.5) is 0 Å². The van der Waals surface area contributed by atoms with Gasteiger partial charge in [-0.15, -0.1) is 11.3 Å². The molecule has 2 aromatic carbocycles. The van der Waals surface area contributed by atoms with E-state index in [2.05, 4.69) is 24.0 Å². The number of fused-ring (bicyclic) bond motifs is 1. The third-order valence-electron chi connectivity index (χ3n) is 4.91. The van der Waals surface area contributed by atoms with Gasteiger partial charge in [-0.1, -0.05) is 48.5 Å². The number of aromatic nitrogens is 1. The molecule has 5 heteroatoms. The third kappa shape index (κ3) is 4.15. The molecule has 0 aliphatic heterocycles. The number of carbonyl (C=O) groups is 1. The van der Waals surface area contributed by atoms with Crippen LogP contribution in [0.3, 0.4) is 0 Å². The average Bonchev–Trinajstić information content (AvgIpc) is 3.40. The van der Waals surface area contributed by atoms with Crippen LogP contribution in [0.15, 0.2) is 76.7 Å². The van der Waals surface area contributed by atoms with Gasteiger partial charge in [0.1, 0.15) is 10.6 Å². The molecule has 0 aliphatic rings. The summed E-state index contributed by atoms with van der Waals surface area (Å²) >= 11 is 1.57. The molecule has 0 saturated carbocycles. The molecule has 0 saturated heterocycles. The SMILES string of the molecule is C[C@@H](CCc1ccccc1)N(Cc1nccs1)C(=O)c1cc2ccccc2o1. The first kappa shape index (κ1) is 18.4. The molecule has 2 aromatic heterocycles. The quantitative estimate of drug-likeness (QED) is 0.415. The topological polar surface area (TPSA) is 46.3 Å². The number of hydrogen-bond donors (Lipinski definition) is 0. The molecule has 0 fully saturated rings. The van der Waals surface area contributed by atoms with Crippen LogP contribution in [0, 0.1) is 0 Å². The molecule has 4 rings (SSSR count). The monoisotopic (exact) mass is 390 g/mol. The summed E-state index contributed by atoms with van der Waals surface area (Å²) in [5.41, 5.74) is 2.01. The molecular weight excluding hydrogens is 368 g/mol. The van der Waals surface area contributed by atoms with Gasteiger partial charge in [0.15, 0.2) is 5.76 Å². The van der Waals surface area contributed by atoms with Crippen LogP contribution in [0.1, 0.15) is 34.5 Å². The lowest BCUT2D eigenvalue weighted by molar-refractivity contribution is 0.0637. The minimum atomic E-state index is -0.0908. The normalized spacial score (nSPS) is 12.2. The molecule has 0 N–H and O–H groups in total. The summed E-state index contributed by atoms with van der Waals surface area (Å²) in [7, 11) is 0. The van der Waals surface area contributed by atoms with Crippen molar-refractivity contribution in [3.05, 3.63) is 88.6 Å². The first-order chi connectivity index (χ1) is 13.7. The maximum absolute atomic E-state index is 13.3. The first-order valence-electron chi connectivity index (χ1n) is 9.42. The summed E-state index contributed by atoms with van der Waals surface area (Å²) in [6.45, 7) is 2.58. The second-order valence-corrected chi connectivity index (χ2v) is 7.86. The molecule has 142 valence electrons. The van der Waals surface area contributed by atoms with E-state index in [0.717, 1.165) is 28.8 Å². The van der Waals surface area contributed by atoms with Gasteiger partial charge in [-0.2, -0.15) is 0 Å². The molecule has 2 heterocycles. The molecule has 0 bridgehead atoms. The minimum Gasteiger partial charge on any atom is -0.451 e. The second-order valence-electron chi connectivity index (χ2n) is 6.88. The predicted octanol–water partition coefficient (Wildman–Crippen LogP) is 5.55. The van der Waals surface area contributed by atoms with Gasteiger partial charge < -0.3 is 9.32 Å².